The molecule has 1 aromatic heterocycles. The summed E-state index contributed by atoms with van der Waals surface area (Å²) in [7, 11) is 0. The molecule has 3 aromatic rings. The van der Waals surface area contributed by atoms with Crippen LogP contribution in [0.1, 0.15) is 10.5 Å². The highest BCUT2D eigenvalue weighted by Crippen LogP contribution is 2.21. The molecular weight excluding hydrogens is 333 g/mol. The molecule has 0 aliphatic rings. The molecule has 2 aromatic carbocycles. The maximum Gasteiger partial charge on any atom is 0.274 e. The third-order valence-corrected chi connectivity index (χ3v) is 3.19. The van der Waals surface area contributed by atoms with E-state index < -0.39 is 29.0 Å². The highest BCUT2D eigenvalue weighted by molar-refractivity contribution is 6.02. The van der Waals surface area contributed by atoms with Gasteiger partial charge in [-0.15, -0.1) is 0 Å². The van der Waals surface area contributed by atoms with Crippen molar-refractivity contribution in [3.63, 3.8) is 0 Å². The molecule has 2 N–H and O–H groups in total. The summed E-state index contributed by atoms with van der Waals surface area (Å²) in [4.78, 5) is 19.9. The lowest BCUT2D eigenvalue weighted by Crippen LogP contribution is -2.15. The number of nitrogens with one attached hydrogen (secondary N) is 2. The summed E-state index contributed by atoms with van der Waals surface area (Å²) >= 11 is 0. The molecule has 0 fully saturated rings. The van der Waals surface area contributed by atoms with Crippen molar-refractivity contribution in [2.24, 2.45) is 0 Å². The van der Waals surface area contributed by atoms with Gasteiger partial charge < -0.3 is 10.6 Å². The molecule has 126 valence electrons. The number of para-hydroxylation sites is 1. The number of halogens is 3. The Morgan fingerprint density at radius 2 is 1.60 bits per heavy atom. The van der Waals surface area contributed by atoms with Gasteiger partial charge in [-0.1, -0.05) is 6.07 Å². The standard InChI is InChI=1S/C17H11F3N4O/c18-10-4-6-11(7-5-10)22-16(25)14-8-9-21-17(23-14)24-15-12(19)2-1-3-13(15)20/h1-9H,(H,22,25)(H,21,23,24). The van der Waals surface area contributed by atoms with Gasteiger partial charge in [0.2, 0.25) is 5.95 Å². The first-order valence-corrected chi connectivity index (χ1v) is 7.14. The summed E-state index contributed by atoms with van der Waals surface area (Å²) < 4.78 is 40.2. The molecule has 0 radical (unpaired) electrons. The van der Waals surface area contributed by atoms with Crippen molar-refractivity contribution in [2.75, 3.05) is 10.6 Å². The first-order valence-electron chi connectivity index (χ1n) is 7.14. The minimum atomic E-state index is -0.815. The fraction of sp³-hybridized carbons (Fsp3) is 0. The molecule has 1 amide bonds. The number of hydrogen-bond acceptors (Lipinski definition) is 4. The van der Waals surface area contributed by atoms with E-state index in [1.165, 1.54) is 42.6 Å². The van der Waals surface area contributed by atoms with Gasteiger partial charge in [-0.25, -0.2) is 23.1 Å². The van der Waals surface area contributed by atoms with E-state index in [1.807, 2.05) is 0 Å². The van der Waals surface area contributed by atoms with Crippen LogP contribution in [0.15, 0.2) is 54.7 Å². The molecule has 3 rings (SSSR count). The summed E-state index contributed by atoms with van der Waals surface area (Å²) in [6.45, 7) is 0. The second-order valence-electron chi connectivity index (χ2n) is 4.95. The Morgan fingerprint density at radius 3 is 2.28 bits per heavy atom. The van der Waals surface area contributed by atoms with E-state index in [1.54, 1.807) is 0 Å². The number of amides is 1. The number of aromatic nitrogens is 2. The molecule has 25 heavy (non-hydrogen) atoms. The van der Waals surface area contributed by atoms with Crippen molar-refractivity contribution in [1.82, 2.24) is 9.97 Å². The number of carbonyl (C=O) groups is 1. The average molecular weight is 344 g/mol. The minimum Gasteiger partial charge on any atom is -0.321 e. The first-order chi connectivity index (χ1) is 12.0. The summed E-state index contributed by atoms with van der Waals surface area (Å²) in [6, 6.07) is 9.90. The third kappa shape index (κ3) is 3.92. The fourth-order valence-electron chi connectivity index (χ4n) is 2.00. The van der Waals surface area contributed by atoms with Crippen molar-refractivity contribution in [3.8, 4) is 0 Å². The summed E-state index contributed by atoms with van der Waals surface area (Å²) in [5, 5.41) is 4.93. The van der Waals surface area contributed by atoms with Crippen molar-refractivity contribution in [1.29, 1.82) is 0 Å². The molecule has 0 bridgehead atoms. The van der Waals surface area contributed by atoms with E-state index >= 15 is 0 Å². The number of nitrogens with zero attached hydrogens (tertiary/aromatic N) is 2. The smallest absolute Gasteiger partial charge is 0.274 e. The van der Waals surface area contributed by atoms with Gasteiger partial charge in [-0.3, -0.25) is 4.79 Å². The number of carbonyl (C=O) groups excluding carboxylic acids is 1. The molecule has 0 spiro atoms. The van der Waals surface area contributed by atoms with E-state index in [-0.39, 0.29) is 11.6 Å². The average Bonchev–Trinajstić information content (AvgIpc) is 2.60. The Balaban J connectivity index is 1.79. The van der Waals surface area contributed by atoms with E-state index in [2.05, 4.69) is 20.6 Å². The van der Waals surface area contributed by atoms with Gasteiger partial charge in [0, 0.05) is 11.9 Å². The van der Waals surface area contributed by atoms with Crippen LogP contribution in [0.3, 0.4) is 0 Å². The lowest BCUT2D eigenvalue weighted by Gasteiger charge is -2.08. The number of anilines is 3. The topological polar surface area (TPSA) is 66.9 Å². The zero-order valence-corrected chi connectivity index (χ0v) is 12.6. The van der Waals surface area contributed by atoms with Gasteiger partial charge in [-0.2, -0.15) is 0 Å². The molecule has 5 nitrogen and oxygen atoms in total. The van der Waals surface area contributed by atoms with Gasteiger partial charge in [0.05, 0.1) is 0 Å². The third-order valence-electron chi connectivity index (χ3n) is 3.19. The Hall–Kier alpha value is -3.42. The molecule has 8 heteroatoms. The molecule has 0 unspecified atom stereocenters. The highest BCUT2D eigenvalue weighted by atomic mass is 19.1. The van der Waals surface area contributed by atoms with Crippen LogP contribution in [0.4, 0.5) is 30.5 Å². The van der Waals surface area contributed by atoms with Gasteiger partial charge in [0.1, 0.15) is 28.8 Å². The van der Waals surface area contributed by atoms with Gasteiger partial charge in [0.25, 0.3) is 5.91 Å². The van der Waals surface area contributed by atoms with E-state index in [0.29, 0.717) is 5.69 Å². The van der Waals surface area contributed by atoms with Crippen LogP contribution in [0.5, 0.6) is 0 Å². The zero-order chi connectivity index (χ0) is 17.8. The van der Waals surface area contributed by atoms with Crippen LogP contribution in [-0.2, 0) is 0 Å². The zero-order valence-electron chi connectivity index (χ0n) is 12.6. The van der Waals surface area contributed by atoms with Crippen LogP contribution < -0.4 is 10.6 Å². The SMILES string of the molecule is O=C(Nc1ccc(F)cc1)c1ccnc(Nc2c(F)cccc2F)n1. The second-order valence-corrected chi connectivity index (χ2v) is 4.95. The maximum atomic E-state index is 13.6. The molecule has 1 heterocycles. The van der Waals surface area contributed by atoms with Gasteiger partial charge in [-0.05, 0) is 42.5 Å². The molecule has 0 aliphatic carbocycles. The largest absolute Gasteiger partial charge is 0.321 e. The predicted molar refractivity (Wildman–Crippen MR) is 86.0 cm³/mol. The predicted octanol–water partition coefficient (Wildman–Crippen LogP) is 3.89. The van der Waals surface area contributed by atoms with E-state index in [4.69, 9.17) is 0 Å². The maximum absolute atomic E-state index is 13.6. The Morgan fingerprint density at radius 1 is 0.920 bits per heavy atom. The normalized spacial score (nSPS) is 10.4. The van der Waals surface area contributed by atoms with Crippen LogP contribution in [0.2, 0.25) is 0 Å². The Kier molecular flexibility index (Phi) is 4.60. The Bertz CT molecular complexity index is 896. The van der Waals surface area contributed by atoms with Gasteiger partial charge >= 0.3 is 0 Å². The minimum absolute atomic E-state index is 0.0291. The van der Waals surface area contributed by atoms with Crippen molar-refractivity contribution < 1.29 is 18.0 Å². The monoisotopic (exact) mass is 344 g/mol. The summed E-state index contributed by atoms with van der Waals surface area (Å²) in [5.41, 5.74) is -0.0724. The number of rotatable bonds is 4. The lowest BCUT2D eigenvalue weighted by atomic mass is 10.3. The fourth-order valence-corrected chi connectivity index (χ4v) is 2.00. The van der Waals surface area contributed by atoms with Crippen LogP contribution in [-0.4, -0.2) is 15.9 Å². The van der Waals surface area contributed by atoms with Gasteiger partial charge in [0.15, 0.2) is 0 Å². The van der Waals surface area contributed by atoms with Crippen LogP contribution in [0, 0.1) is 17.5 Å². The lowest BCUT2D eigenvalue weighted by molar-refractivity contribution is 0.102. The number of benzene rings is 2. The Labute approximate surface area is 140 Å². The van der Waals surface area contributed by atoms with Crippen LogP contribution >= 0.6 is 0 Å². The molecule has 0 saturated heterocycles. The molecule has 0 saturated carbocycles. The quantitative estimate of drug-likeness (QED) is 0.753. The first kappa shape index (κ1) is 16.4. The van der Waals surface area contributed by atoms with Crippen molar-refractivity contribution >= 4 is 23.2 Å². The summed E-state index contributed by atoms with van der Waals surface area (Å²) in [5.74, 6) is -2.78. The molecular formula is C17H11F3N4O. The van der Waals surface area contributed by atoms with Crippen molar-refractivity contribution in [3.05, 3.63) is 77.9 Å². The van der Waals surface area contributed by atoms with E-state index in [0.717, 1.165) is 12.1 Å². The summed E-state index contributed by atoms with van der Waals surface area (Å²) in [6.07, 6.45) is 1.27. The van der Waals surface area contributed by atoms with E-state index in [9.17, 15) is 18.0 Å². The van der Waals surface area contributed by atoms with Crippen LogP contribution in [0.25, 0.3) is 0 Å². The van der Waals surface area contributed by atoms with Crippen molar-refractivity contribution in [2.45, 2.75) is 0 Å². The molecule has 0 atom stereocenters. The second kappa shape index (κ2) is 7.00. The highest BCUT2D eigenvalue weighted by Gasteiger charge is 2.13. The number of hydrogen-bond donors (Lipinski definition) is 2. The molecule has 0 aliphatic heterocycles.